The van der Waals surface area contributed by atoms with Gasteiger partial charge in [-0.15, -0.1) is 0 Å². The van der Waals surface area contributed by atoms with Crippen molar-refractivity contribution in [2.75, 3.05) is 29.0 Å². The number of rotatable bonds is 5. The largest absolute Gasteiger partial charge is 0.476 e. The Labute approximate surface area is 163 Å². The molecule has 2 aromatic carbocycles. The smallest absolute Gasteiger partial charge is 0.340 e. The molecule has 1 N–H and O–H groups in total. The van der Waals surface area contributed by atoms with Gasteiger partial charge in [-0.25, -0.2) is 13.2 Å². The van der Waals surface area contributed by atoms with Gasteiger partial charge in [0.1, 0.15) is 5.75 Å². The molecular formula is C19H20N2O6S. The van der Waals surface area contributed by atoms with Crippen LogP contribution in [0.25, 0.3) is 0 Å². The van der Waals surface area contributed by atoms with Crippen LogP contribution in [-0.2, 0) is 19.6 Å². The first-order valence-electron chi connectivity index (χ1n) is 8.61. The lowest BCUT2D eigenvalue weighted by Crippen LogP contribution is -2.48. The van der Waals surface area contributed by atoms with Gasteiger partial charge in [-0.2, -0.15) is 0 Å². The zero-order valence-corrected chi connectivity index (χ0v) is 16.2. The fourth-order valence-electron chi connectivity index (χ4n) is 2.85. The summed E-state index contributed by atoms with van der Waals surface area (Å²) in [5.41, 5.74) is 0.842. The summed E-state index contributed by atoms with van der Waals surface area (Å²) in [6.45, 7) is 1.71. The first kappa shape index (κ1) is 19.7. The molecule has 0 unspecified atom stereocenters. The number of anilines is 2. The summed E-state index contributed by atoms with van der Waals surface area (Å²) in [6, 6.07) is 13.0. The molecule has 0 saturated carbocycles. The molecule has 0 aromatic heterocycles. The number of nitrogens with zero attached hydrogens (tertiary/aromatic N) is 1. The van der Waals surface area contributed by atoms with Gasteiger partial charge < -0.3 is 14.8 Å². The van der Waals surface area contributed by atoms with Crippen LogP contribution in [0.5, 0.6) is 5.75 Å². The number of carbonyl (C=O) groups excluding carboxylic acids is 2. The third kappa shape index (κ3) is 4.09. The Morgan fingerprint density at radius 3 is 2.57 bits per heavy atom. The number of ether oxygens (including phenoxy) is 2. The predicted octanol–water partition coefficient (Wildman–Crippen LogP) is 2.03. The Kier molecular flexibility index (Phi) is 5.55. The summed E-state index contributed by atoms with van der Waals surface area (Å²) >= 11 is 0. The van der Waals surface area contributed by atoms with Crippen LogP contribution in [-0.4, -0.2) is 45.8 Å². The first-order chi connectivity index (χ1) is 13.3. The summed E-state index contributed by atoms with van der Waals surface area (Å²) in [4.78, 5) is 24.9. The third-order valence-electron chi connectivity index (χ3n) is 4.11. The van der Waals surface area contributed by atoms with E-state index in [1.165, 1.54) is 6.07 Å². The zero-order chi connectivity index (χ0) is 20.3. The topological polar surface area (TPSA) is 102 Å². The van der Waals surface area contributed by atoms with Crippen molar-refractivity contribution in [3.63, 3.8) is 0 Å². The van der Waals surface area contributed by atoms with Crippen molar-refractivity contribution in [2.24, 2.45) is 0 Å². The molecular weight excluding hydrogens is 384 g/mol. The van der Waals surface area contributed by atoms with E-state index in [9.17, 15) is 18.0 Å². The summed E-state index contributed by atoms with van der Waals surface area (Å²) < 4.78 is 36.2. The molecule has 1 aliphatic rings. The van der Waals surface area contributed by atoms with Gasteiger partial charge >= 0.3 is 5.97 Å². The van der Waals surface area contributed by atoms with Gasteiger partial charge in [0.05, 0.1) is 36.3 Å². The van der Waals surface area contributed by atoms with Crippen molar-refractivity contribution in [1.29, 1.82) is 0 Å². The Morgan fingerprint density at radius 1 is 1.18 bits per heavy atom. The molecule has 0 spiro atoms. The molecule has 28 heavy (non-hydrogen) atoms. The minimum atomic E-state index is -3.61. The van der Waals surface area contributed by atoms with E-state index in [-0.39, 0.29) is 30.2 Å². The summed E-state index contributed by atoms with van der Waals surface area (Å²) in [5.74, 6) is -0.844. The number of carbonyl (C=O) groups is 2. The number of sulfonamides is 1. The van der Waals surface area contributed by atoms with E-state index in [0.717, 1.165) is 10.6 Å². The molecule has 0 fully saturated rings. The number of fused-ring (bicyclic) bond motifs is 1. The van der Waals surface area contributed by atoms with Gasteiger partial charge in [0, 0.05) is 0 Å². The van der Waals surface area contributed by atoms with Crippen LogP contribution >= 0.6 is 0 Å². The Morgan fingerprint density at radius 2 is 1.86 bits per heavy atom. The molecule has 2 aromatic rings. The monoisotopic (exact) mass is 404 g/mol. The van der Waals surface area contributed by atoms with Gasteiger partial charge in [-0.1, -0.05) is 24.3 Å². The van der Waals surface area contributed by atoms with Crippen molar-refractivity contribution in [3.05, 3.63) is 54.1 Å². The zero-order valence-electron chi connectivity index (χ0n) is 15.4. The number of nitrogens with one attached hydrogen (secondary N) is 1. The normalized spacial score (nSPS) is 15.9. The minimum Gasteiger partial charge on any atom is -0.476 e. The van der Waals surface area contributed by atoms with Gasteiger partial charge in [0.15, 0.2) is 6.10 Å². The summed E-state index contributed by atoms with van der Waals surface area (Å²) in [7, 11) is -3.61. The number of hydrogen-bond acceptors (Lipinski definition) is 6. The molecule has 8 nitrogen and oxygen atoms in total. The lowest BCUT2D eigenvalue weighted by atomic mass is 10.1. The van der Waals surface area contributed by atoms with Crippen molar-refractivity contribution in [1.82, 2.24) is 0 Å². The second-order valence-corrected chi connectivity index (χ2v) is 8.03. The average molecular weight is 404 g/mol. The fraction of sp³-hybridized carbons (Fsp3) is 0.263. The van der Waals surface area contributed by atoms with E-state index in [1.807, 2.05) is 0 Å². The van der Waals surface area contributed by atoms with Crippen LogP contribution in [0.4, 0.5) is 11.4 Å². The number of esters is 1. The van der Waals surface area contributed by atoms with Crippen LogP contribution in [0.2, 0.25) is 0 Å². The van der Waals surface area contributed by atoms with Gasteiger partial charge in [0.25, 0.3) is 5.91 Å². The van der Waals surface area contributed by atoms with Gasteiger partial charge in [0.2, 0.25) is 10.0 Å². The van der Waals surface area contributed by atoms with Crippen LogP contribution in [0.15, 0.2) is 48.5 Å². The van der Waals surface area contributed by atoms with Crippen LogP contribution in [0.1, 0.15) is 17.3 Å². The first-order valence-corrected chi connectivity index (χ1v) is 10.5. The highest BCUT2D eigenvalue weighted by atomic mass is 32.2. The van der Waals surface area contributed by atoms with Crippen LogP contribution < -0.4 is 14.4 Å². The third-order valence-corrected chi connectivity index (χ3v) is 5.25. The molecule has 1 amide bonds. The maximum atomic E-state index is 12.8. The average Bonchev–Trinajstić information content (AvgIpc) is 2.67. The molecule has 0 bridgehead atoms. The lowest BCUT2D eigenvalue weighted by molar-refractivity contribution is -0.122. The Balaban J connectivity index is 1.86. The molecule has 3 rings (SSSR count). The Bertz CT molecular complexity index is 1000. The number of benzene rings is 2. The summed E-state index contributed by atoms with van der Waals surface area (Å²) in [5, 5.41) is 2.64. The highest BCUT2D eigenvalue weighted by molar-refractivity contribution is 7.92. The highest BCUT2D eigenvalue weighted by Gasteiger charge is 2.35. The predicted molar refractivity (Wildman–Crippen MR) is 104 cm³/mol. The summed E-state index contributed by atoms with van der Waals surface area (Å²) in [6.07, 6.45) is -0.0139. The lowest BCUT2D eigenvalue weighted by Gasteiger charge is -2.33. The molecule has 0 radical (unpaired) electrons. The molecule has 1 heterocycles. The molecule has 148 valence electrons. The highest BCUT2D eigenvalue weighted by Crippen LogP contribution is 2.34. The SMILES string of the molecule is CCOC(=O)c1ccccc1NC(=O)[C@H]1CN(S(C)(=O)=O)c2ccccc2O1. The van der Waals surface area contributed by atoms with Crippen LogP contribution in [0, 0.1) is 0 Å². The molecule has 1 aliphatic heterocycles. The van der Waals surface area contributed by atoms with Gasteiger partial charge in [-0.05, 0) is 31.2 Å². The minimum absolute atomic E-state index is 0.177. The van der Waals surface area contributed by atoms with Crippen molar-refractivity contribution in [2.45, 2.75) is 13.0 Å². The van der Waals surface area contributed by atoms with Crippen molar-refractivity contribution >= 4 is 33.3 Å². The quantitative estimate of drug-likeness (QED) is 0.765. The van der Waals surface area contributed by atoms with Crippen molar-refractivity contribution < 1.29 is 27.5 Å². The van der Waals surface area contributed by atoms with E-state index in [4.69, 9.17) is 9.47 Å². The van der Waals surface area contributed by atoms with Crippen LogP contribution in [0.3, 0.4) is 0 Å². The maximum absolute atomic E-state index is 12.8. The number of para-hydroxylation sites is 3. The van der Waals surface area contributed by atoms with Gasteiger partial charge in [-0.3, -0.25) is 9.10 Å². The standard InChI is InChI=1S/C19H20N2O6S/c1-3-26-19(23)13-8-4-5-9-14(13)20-18(22)17-12-21(28(2,24)25)15-10-6-7-11-16(15)27-17/h4-11,17H,3,12H2,1-2H3,(H,20,22)/t17-/m1/s1. The second-order valence-electron chi connectivity index (χ2n) is 6.12. The molecule has 0 aliphatic carbocycles. The van der Waals surface area contributed by atoms with Crippen molar-refractivity contribution in [3.8, 4) is 5.75 Å². The molecule has 9 heteroatoms. The second kappa shape index (κ2) is 7.89. The fourth-order valence-corrected chi connectivity index (χ4v) is 3.76. The van der Waals surface area contributed by atoms with E-state index in [1.54, 1.807) is 49.4 Å². The van der Waals surface area contributed by atoms with E-state index in [0.29, 0.717) is 5.69 Å². The molecule has 1 atom stereocenters. The maximum Gasteiger partial charge on any atom is 0.340 e. The van der Waals surface area contributed by atoms with E-state index >= 15 is 0 Å². The number of hydrogen-bond donors (Lipinski definition) is 1. The van der Waals surface area contributed by atoms with E-state index < -0.39 is 28.0 Å². The number of amides is 1. The van der Waals surface area contributed by atoms with E-state index in [2.05, 4.69) is 5.32 Å². The molecule has 0 saturated heterocycles. The Hall–Kier alpha value is -3.07.